The van der Waals surface area contributed by atoms with Crippen LogP contribution in [0.25, 0.3) is 11.3 Å². The Balaban J connectivity index is 1.75. The molecule has 0 aliphatic heterocycles. The molecule has 1 N–H and O–H groups in total. The Labute approximate surface area is 185 Å². The van der Waals surface area contributed by atoms with E-state index in [9.17, 15) is 9.59 Å². The zero-order valence-electron chi connectivity index (χ0n) is 18.4. The van der Waals surface area contributed by atoms with Crippen LogP contribution >= 0.6 is 0 Å². The molecule has 1 aromatic heterocycles. The van der Waals surface area contributed by atoms with Crippen molar-refractivity contribution in [3.8, 4) is 28.6 Å². The smallest absolute Gasteiger partial charge is 0.276 e. The highest BCUT2D eigenvalue weighted by Gasteiger charge is 2.23. The minimum absolute atomic E-state index is 0.0804. The van der Waals surface area contributed by atoms with Crippen molar-refractivity contribution in [2.75, 3.05) is 39.7 Å². The largest absolute Gasteiger partial charge is 0.497 e. The number of hydrogen-bond donors (Lipinski definition) is 1. The van der Waals surface area contributed by atoms with E-state index in [0.29, 0.717) is 40.8 Å². The van der Waals surface area contributed by atoms with Crippen molar-refractivity contribution in [1.29, 1.82) is 0 Å². The maximum absolute atomic E-state index is 13.0. The molecule has 0 atom stereocenters. The molecule has 3 aromatic rings. The second-order valence-electron chi connectivity index (χ2n) is 6.71. The molecule has 0 bridgehead atoms. The molecule has 0 saturated heterocycles. The van der Waals surface area contributed by atoms with Gasteiger partial charge in [-0.25, -0.2) is 0 Å². The Bertz CT molecular complexity index is 1090. The predicted octanol–water partition coefficient (Wildman–Crippen LogP) is 3.47. The number of ether oxygens (including phenoxy) is 3. The number of aromatic nitrogens is 1. The molecule has 2 amide bonds. The number of nitrogens with one attached hydrogen (secondary N) is 1. The summed E-state index contributed by atoms with van der Waals surface area (Å²) in [6.07, 6.45) is 0. The van der Waals surface area contributed by atoms with Gasteiger partial charge in [-0.3, -0.25) is 9.59 Å². The summed E-state index contributed by atoms with van der Waals surface area (Å²) < 4.78 is 21.2. The Hall–Kier alpha value is -4.01. The molecule has 0 fully saturated rings. The van der Waals surface area contributed by atoms with E-state index in [1.807, 2.05) is 0 Å². The molecule has 168 valence electrons. The average molecular weight is 439 g/mol. The molecule has 9 nitrogen and oxygen atoms in total. The highest BCUT2D eigenvalue weighted by molar-refractivity contribution is 5.99. The summed E-state index contributed by atoms with van der Waals surface area (Å²) in [7, 11) is 4.61. The minimum Gasteiger partial charge on any atom is -0.497 e. The summed E-state index contributed by atoms with van der Waals surface area (Å²) in [6, 6.07) is 13.8. The quantitative estimate of drug-likeness (QED) is 0.544. The Morgan fingerprint density at radius 3 is 2.44 bits per heavy atom. The summed E-state index contributed by atoms with van der Waals surface area (Å²) in [6.45, 7) is 1.93. The Kier molecular flexibility index (Phi) is 7.33. The average Bonchev–Trinajstić information content (AvgIpc) is 3.32. The van der Waals surface area contributed by atoms with E-state index < -0.39 is 5.91 Å². The van der Waals surface area contributed by atoms with E-state index in [1.165, 1.54) is 25.2 Å². The van der Waals surface area contributed by atoms with Gasteiger partial charge in [0.1, 0.15) is 23.8 Å². The first-order valence-electron chi connectivity index (χ1n) is 9.92. The maximum atomic E-state index is 13.0. The number of benzene rings is 2. The number of rotatable bonds is 9. The molecule has 0 aliphatic carbocycles. The van der Waals surface area contributed by atoms with Crippen LogP contribution in [0.4, 0.5) is 5.69 Å². The van der Waals surface area contributed by atoms with Crippen molar-refractivity contribution in [3.63, 3.8) is 0 Å². The number of nitrogens with zero attached hydrogens (tertiary/aromatic N) is 2. The van der Waals surface area contributed by atoms with Gasteiger partial charge in [0.05, 0.1) is 32.6 Å². The number of amides is 2. The zero-order valence-corrected chi connectivity index (χ0v) is 18.4. The third-order valence-corrected chi connectivity index (χ3v) is 4.79. The SMILES string of the molecule is CCN(CC(=O)Nc1ccccc1OC)C(=O)c1cc(-c2cc(OC)ccc2OC)on1. The van der Waals surface area contributed by atoms with E-state index in [4.69, 9.17) is 18.7 Å². The highest BCUT2D eigenvalue weighted by Crippen LogP contribution is 2.34. The fourth-order valence-electron chi connectivity index (χ4n) is 3.11. The standard InChI is InChI=1S/C23H25N3O6/c1-5-26(14-22(27)24-17-8-6-7-9-20(17)31-4)23(28)18-13-21(32-25-18)16-12-15(29-2)10-11-19(16)30-3/h6-13H,5,14H2,1-4H3,(H,24,27). The van der Waals surface area contributed by atoms with Crippen molar-refractivity contribution in [1.82, 2.24) is 10.1 Å². The van der Waals surface area contributed by atoms with Gasteiger partial charge in [-0.05, 0) is 37.3 Å². The van der Waals surface area contributed by atoms with Crippen molar-refractivity contribution >= 4 is 17.5 Å². The molecule has 2 aromatic carbocycles. The summed E-state index contributed by atoms with van der Waals surface area (Å²) in [5.41, 5.74) is 1.20. The molecule has 0 radical (unpaired) electrons. The van der Waals surface area contributed by atoms with Crippen molar-refractivity contribution in [3.05, 3.63) is 54.2 Å². The van der Waals surface area contributed by atoms with E-state index in [2.05, 4.69) is 10.5 Å². The number of anilines is 1. The molecule has 9 heteroatoms. The lowest BCUT2D eigenvalue weighted by molar-refractivity contribution is -0.116. The van der Waals surface area contributed by atoms with Gasteiger partial charge < -0.3 is 29.0 Å². The molecule has 32 heavy (non-hydrogen) atoms. The van der Waals surface area contributed by atoms with Crippen LogP contribution in [0.15, 0.2) is 53.1 Å². The van der Waals surface area contributed by atoms with Gasteiger partial charge in [0.15, 0.2) is 11.5 Å². The highest BCUT2D eigenvalue weighted by atomic mass is 16.5. The third kappa shape index (κ3) is 5.00. The summed E-state index contributed by atoms with van der Waals surface area (Å²) in [5.74, 6) is 1.24. The molecule has 0 saturated carbocycles. The normalized spacial score (nSPS) is 10.4. The van der Waals surface area contributed by atoms with Crippen molar-refractivity contribution < 1.29 is 28.3 Å². The van der Waals surface area contributed by atoms with E-state index in [0.717, 1.165) is 0 Å². The van der Waals surface area contributed by atoms with Crippen LogP contribution in [0, 0.1) is 0 Å². The van der Waals surface area contributed by atoms with E-state index >= 15 is 0 Å². The van der Waals surface area contributed by atoms with Crippen molar-refractivity contribution in [2.45, 2.75) is 6.92 Å². The van der Waals surface area contributed by atoms with Crippen LogP contribution in [-0.4, -0.2) is 56.3 Å². The first kappa shape index (κ1) is 22.7. The van der Waals surface area contributed by atoms with E-state index in [-0.39, 0.29) is 18.1 Å². The topological polar surface area (TPSA) is 103 Å². The van der Waals surface area contributed by atoms with Crippen LogP contribution in [0.1, 0.15) is 17.4 Å². The maximum Gasteiger partial charge on any atom is 0.276 e. The van der Waals surface area contributed by atoms with Crippen LogP contribution in [0.5, 0.6) is 17.2 Å². The second kappa shape index (κ2) is 10.3. The predicted molar refractivity (Wildman–Crippen MR) is 118 cm³/mol. The van der Waals surface area contributed by atoms with Gasteiger partial charge in [0.25, 0.3) is 5.91 Å². The first-order chi connectivity index (χ1) is 15.5. The van der Waals surface area contributed by atoms with Crippen LogP contribution in [0.2, 0.25) is 0 Å². The number of carbonyl (C=O) groups is 2. The molecular formula is C23H25N3O6. The van der Waals surface area contributed by atoms with Crippen LogP contribution < -0.4 is 19.5 Å². The lowest BCUT2D eigenvalue weighted by Crippen LogP contribution is -2.38. The monoisotopic (exact) mass is 439 g/mol. The minimum atomic E-state index is -0.431. The Morgan fingerprint density at radius 2 is 1.75 bits per heavy atom. The van der Waals surface area contributed by atoms with Gasteiger partial charge in [-0.2, -0.15) is 0 Å². The molecular weight excluding hydrogens is 414 g/mol. The Morgan fingerprint density at radius 1 is 1.00 bits per heavy atom. The van der Waals surface area contributed by atoms with Gasteiger partial charge in [0, 0.05) is 12.6 Å². The number of likely N-dealkylation sites (N-methyl/N-ethyl adjacent to an activating group) is 1. The number of methoxy groups -OCH3 is 3. The molecule has 3 rings (SSSR count). The molecule has 0 aliphatic rings. The molecule has 0 unspecified atom stereocenters. The number of carbonyl (C=O) groups excluding carboxylic acids is 2. The second-order valence-corrected chi connectivity index (χ2v) is 6.71. The van der Waals surface area contributed by atoms with Crippen molar-refractivity contribution in [2.24, 2.45) is 0 Å². The lowest BCUT2D eigenvalue weighted by atomic mass is 10.1. The number of hydrogen-bond acceptors (Lipinski definition) is 7. The van der Waals surface area contributed by atoms with Gasteiger partial charge in [0.2, 0.25) is 5.91 Å². The molecule has 1 heterocycles. The van der Waals surface area contributed by atoms with E-state index in [1.54, 1.807) is 56.5 Å². The van der Waals surface area contributed by atoms with Gasteiger partial charge >= 0.3 is 0 Å². The van der Waals surface area contributed by atoms with Crippen LogP contribution in [0.3, 0.4) is 0 Å². The molecule has 0 spiro atoms. The zero-order chi connectivity index (χ0) is 23.1. The summed E-state index contributed by atoms with van der Waals surface area (Å²) in [4.78, 5) is 26.9. The van der Waals surface area contributed by atoms with Crippen LogP contribution in [-0.2, 0) is 4.79 Å². The summed E-state index contributed by atoms with van der Waals surface area (Å²) >= 11 is 0. The summed E-state index contributed by atoms with van der Waals surface area (Å²) in [5, 5.41) is 6.66. The lowest BCUT2D eigenvalue weighted by Gasteiger charge is -2.19. The number of para-hydroxylation sites is 2. The fraction of sp³-hybridized carbons (Fsp3) is 0.261. The van der Waals surface area contributed by atoms with Gasteiger partial charge in [-0.1, -0.05) is 17.3 Å². The fourth-order valence-corrected chi connectivity index (χ4v) is 3.11. The van der Waals surface area contributed by atoms with Gasteiger partial charge in [-0.15, -0.1) is 0 Å². The first-order valence-corrected chi connectivity index (χ1v) is 9.92. The third-order valence-electron chi connectivity index (χ3n) is 4.79.